The maximum Gasteiger partial charge on any atom is 0.407 e. The second kappa shape index (κ2) is 15.2. The summed E-state index contributed by atoms with van der Waals surface area (Å²) in [6.07, 6.45) is 11.7. The van der Waals surface area contributed by atoms with Crippen molar-refractivity contribution in [3.8, 4) is 5.88 Å². The number of carbonyl (C=O) groups is 5. The van der Waals surface area contributed by atoms with Gasteiger partial charge in [0.05, 0.1) is 24.9 Å². The average Bonchev–Trinajstić information content (AvgIpc) is 4.08. The molecule has 7 rings (SSSR count). The van der Waals surface area contributed by atoms with E-state index >= 15 is 0 Å². The number of nitrogens with zero attached hydrogens (tertiary/aromatic N) is 3. The maximum atomic E-state index is 14.6. The molecule has 0 spiro atoms. The molecule has 3 aliphatic heterocycles. The molecule has 16 heteroatoms. The fourth-order valence-electron chi connectivity index (χ4n) is 7.31. The Labute approximate surface area is 313 Å². The molecule has 5 aliphatic rings. The van der Waals surface area contributed by atoms with Crippen LogP contribution in [0.2, 0.25) is 0 Å². The van der Waals surface area contributed by atoms with Crippen LogP contribution in [0, 0.1) is 5.92 Å². The number of aromatic nitrogens is 1. The van der Waals surface area contributed by atoms with Gasteiger partial charge in [0.1, 0.15) is 23.7 Å². The molecule has 1 aromatic carbocycles. The second-order valence-corrected chi connectivity index (χ2v) is 16.4. The van der Waals surface area contributed by atoms with Crippen molar-refractivity contribution in [3.05, 3.63) is 66.9 Å². The number of sulfonamides is 1. The summed E-state index contributed by atoms with van der Waals surface area (Å²) in [7, 11) is -3.93. The molecule has 3 fully saturated rings. The number of ether oxygens (including phenoxy) is 2. The van der Waals surface area contributed by atoms with Gasteiger partial charge in [-0.15, -0.1) is 0 Å². The number of amides is 5. The van der Waals surface area contributed by atoms with E-state index < -0.39 is 74.6 Å². The lowest BCUT2D eigenvalue weighted by Crippen LogP contribution is -2.60. The predicted molar refractivity (Wildman–Crippen MR) is 197 cm³/mol. The fraction of sp³-hybridized carbons (Fsp3) is 0.474. The number of alkyl carbamates (subject to hydrolysis) is 1. The van der Waals surface area contributed by atoms with Crippen molar-refractivity contribution in [1.82, 2.24) is 30.1 Å². The molecule has 1 aromatic heterocycles. The average molecular weight is 761 g/mol. The van der Waals surface area contributed by atoms with Gasteiger partial charge in [-0.3, -0.25) is 23.9 Å². The molecule has 286 valence electrons. The Morgan fingerprint density at radius 2 is 1.89 bits per heavy atom. The molecule has 5 amide bonds. The summed E-state index contributed by atoms with van der Waals surface area (Å²) >= 11 is 0. The van der Waals surface area contributed by atoms with Crippen LogP contribution in [0.25, 0.3) is 16.8 Å². The van der Waals surface area contributed by atoms with Crippen molar-refractivity contribution in [2.24, 2.45) is 5.92 Å². The molecule has 0 unspecified atom stereocenters. The van der Waals surface area contributed by atoms with Crippen LogP contribution < -0.4 is 20.1 Å². The van der Waals surface area contributed by atoms with Crippen LogP contribution in [-0.4, -0.2) is 108 Å². The second-order valence-electron chi connectivity index (χ2n) is 14.5. The van der Waals surface area contributed by atoms with E-state index in [4.69, 9.17) is 9.47 Å². The zero-order valence-electron chi connectivity index (χ0n) is 29.8. The molecule has 54 heavy (non-hydrogen) atoms. The highest BCUT2D eigenvalue weighted by Crippen LogP contribution is 2.46. The molecule has 2 aromatic rings. The Kier molecular flexibility index (Phi) is 10.5. The van der Waals surface area contributed by atoms with Crippen molar-refractivity contribution < 1.29 is 41.9 Å². The molecule has 2 saturated carbocycles. The molecular formula is C38H44N6O9S. The van der Waals surface area contributed by atoms with Gasteiger partial charge in [-0.1, -0.05) is 43.0 Å². The summed E-state index contributed by atoms with van der Waals surface area (Å²) < 4.78 is 39.8. The number of benzene rings is 1. The number of rotatable bonds is 4. The topological polar surface area (TPSA) is 193 Å². The van der Waals surface area contributed by atoms with E-state index in [0.29, 0.717) is 44.4 Å². The third kappa shape index (κ3) is 7.98. The minimum absolute atomic E-state index is 0.0136. The number of hydrogen-bond donors (Lipinski definition) is 3. The Bertz CT molecular complexity index is 2030. The summed E-state index contributed by atoms with van der Waals surface area (Å²) in [5.41, 5.74) is -0.668. The standard InChI is InChI=1S/C38H44N6O9S/c1-2-32(45)43-17-7-3-6-10-26-21-38(26,36(48)42-54(50,51)28-13-14-28)41-33(46)31-20-27-22-44(31)35(47)30(23-43)40-37(49)52-18-8-4-5-9-24-11-12-25-15-16-39-34(53-27)29(25)19-24/h2,5-6,9-12,15-16,19,26-28,30-31H,1,3-4,7-8,13-14,17-18,20-23H2,(H,40,49)(H,41,46)(H,42,48)/b9-5+,10-6-/t26-,27-,30+,31+,38-/m1/s1. The largest absolute Gasteiger partial charge is 0.472 e. The lowest BCUT2D eigenvalue weighted by atomic mass is 10.1. The Hall–Kier alpha value is -5.25. The van der Waals surface area contributed by atoms with Crippen molar-refractivity contribution in [2.45, 2.75) is 80.3 Å². The van der Waals surface area contributed by atoms with Gasteiger partial charge in [0.25, 0.3) is 5.91 Å². The van der Waals surface area contributed by atoms with Crippen LogP contribution in [0.3, 0.4) is 0 Å². The van der Waals surface area contributed by atoms with Gasteiger partial charge in [0, 0.05) is 30.5 Å². The van der Waals surface area contributed by atoms with Gasteiger partial charge >= 0.3 is 6.09 Å². The third-order valence-electron chi connectivity index (χ3n) is 10.5. The normalized spacial score (nSPS) is 29.1. The summed E-state index contributed by atoms with van der Waals surface area (Å²) in [6.45, 7) is 3.55. The van der Waals surface area contributed by atoms with E-state index in [9.17, 15) is 32.4 Å². The molecule has 4 heterocycles. The Morgan fingerprint density at radius 1 is 1.07 bits per heavy atom. The quantitative estimate of drug-likeness (QED) is 0.308. The molecule has 3 N–H and O–H groups in total. The first-order valence-corrected chi connectivity index (χ1v) is 19.9. The first-order chi connectivity index (χ1) is 26.0. The minimum atomic E-state index is -3.93. The van der Waals surface area contributed by atoms with Crippen LogP contribution in [0.5, 0.6) is 5.88 Å². The van der Waals surface area contributed by atoms with Crippen molar-refractivity contribution in [1.29, 1.82) is 0 Å². The Morgan fingerprint density at radius 3 is 2.69 bits per heavy atom. The Balaban J connectivity index is 1.27. The first-order valence-electron chi connectivity index (χ1n) is 18.4. The van der Waals surface area contributed by atoms with Gasteiger partial charge < -0.3 is 29.9 Å². The minimum Gasteiger partial charge on any atom is -0.472 e. The molecular weight excluding hydrogens is 717 g/mol. The maximum absolute atomic E-state index is 14.6. The summed E-state index contributed by atoms with van der Waals surface area (Å²) in [5.74, 6) is -2.86. The van der Waals surface area contributed by atoms with Gasteiger partial charge in [-0.2, -0.15) is 0 Å². The predicted octanol–water partition coefficient (Wildman–Crippen LogP) is 2.33. The summed E-state index contributed by atoms with van der Waals surface area (Å²) in [4.78, 5) is 76.2. The summed E-state index contributed by atoms with van der Waals surface area (Å²) in [6, 6.07) is 5.16. The number of cyclic esters (lactones) is 1. The van der Waals surface area contributed by atoms with Crippen LogP contribution >= 0.6 is 0 Å². The number of allylic oxidation sites excluding steroid dienone is 2. The van der Waals surface area contributed by atoms with Crippen LogP contribution in [0.4, 0.5) is 4.79 Å². The third-order valence-corrected chi connectivity index (χ3v) is 12.4. The van der Waals surface area contributed by atoms with E-state index in [0.717, 1.165) is 22.4 Å². The van der Waals surface area contributed by atoms with E-state index in [-0.39, 0.29) is 39.1 Å². The van der Waals surface area contributed by atoms with E-state index in [1.54, 1.807) is 12.3 Å². The van der Waals surface area contributed by atoms with Gasteiger partial charge in [0.2, 0.25) is 33.6 Å². The van der Waals surface area contributed by atoms with Crippen molar-refractivity contribution in [2.75, 3.05) is 26.2 Å². The lowest BCUT2D eigenvalue weighted by Gasteiger charge is -2.32. The van der Waals surface area contributed by atoms with Crippen LogP contribution in [-0.2, 0) is 33.9 Å². The summed E-state index contributed by atoms with van der Waals surface area (Å²) in [5, 5.41) is 6.42. The number of hydrogen-bond acceptors (Lipinski definition) is 10. The number of fused-ring (bicyclic) bond motifs is 4. The van der Waals surface area contributed by atoms with Crippen LogP contribution in [0.1, 0.15) is 56.9 Å². The highest BCUT2D eigenvalue weighted by molar-refractivity contribution is 7.91. The number of pyridine rings is 1. The molecule has 5 bridgehead atoms. The van der Waals surface area contributed by atoms with E-state index in [1.807, 2.05) is 42.5 Å². The lowest BCUT2D eigenvalue weighted by molar-refractivity contribution is -0.142. The molecule has 0 radical (unpaired) electrons. The van der Waals surface area contributed by atoms with E-state index in [2.05, 4.69) is 26.9 Å². The first kappa shape index (κ1) is 37.1. The zero-order valence-corrected chi connectivity index (χ0v) is 30.6. The molecule has 1 saturated heterocycles. The van der Waals surface area contributed by atoms with Gasteiger partial charge in [-0.05, 0) is 74.1 Å². The molecule has 2 aliphatic carbocycles. The highest BCUT2D eigenvalue weighted by atomic mass is 32.2. The van der Waals surface area contributed by atoms with Crippen LogP contribution in [0.15, 0.2) is 61.3 Å². The molecule has 5 atom stereocenters. The number of nitrogens with one attached hydrogen (secondary N) is 3. The molecule has 15 nitrogen and oxygen atoms in total. The SMILES string of the molecule is C=CC(=O)N1CCC/C=C\[C@@H]2C[C@@]2(C(=O)NS(=O)(=O)C2CC2)NC(=O)[C@@H]2C[C@@H]3CN2C(=O)[C@H](C1)NC(=O)OCCC/C=C/c1ccc2ccnc(c2c1)O3. The van der Waals surface area contributed by atoms with E-state index in [1.165, 1.54) is 9.80 Å². The number of carbonyl (C=O) groups excluding carboxylic acids is 5. The smallest absolute Gasteiger partial charge is 0.407 e. The van der Waals surface area contributed by atoms with Gasteiger partial charge in [0.15, 0.2) is 0 Å². The zero-order chi connectivity index (χ0) is 38.0. The highest BCUT2D eigenvalue weighted by Gasteiger charge is 2.62. The van der Waals surface area contributed by atoms with Crippen molar-refractivity contribution in [3.63, 3.8) is 0 Å². The van der Waals surface area contributed by atoms with Crippen molar-refractivity contribution >= 4 is 56.6 Å². The fourth-order valence-corrected chi connectivity index (χ4v) is 8.68. The van der Waals surface area contributed by atoms with Gasteiger partial charge in [-0.25, -0.2) is 18.2 Å². The monoisotopic (exact) mass is 760 g/mol.